The lowest BCUT2D eigenvalue weighted by molar-refractivity contribution is -0.138. The third-order valence-electron chi connectivity index (χ3n) is 8.29. The van der Waals surface area contributed by atoms with E-state index >= 15 is 0 Å². The van der Waals surface area contributed by atoms with Gasteiger partial charge >= 0.3 is 11.9 Å². The maximum atomic E-state index is 11.2. The van der Waals surface area contributed by atoms with Crippen LogP contribution >= 0.6 is 0 Å². The van der Waals surface area contributed by atoms with Gasteiger partial charge in [0.15, 0.2) is 0 Å². The minimum atomic E-state index is -0.445. The molecule has 4 heterocycles. The van der Waals surface area contributed by atoms with E-state index in [0.717, 1.165) is 23.3 Å². The predicted octanol–water partition coefficient (Wildman–Crippen LogP) is 7.32. The molecule has 0 spiro atoms. The maximum Gasteiger partial charge on any atom is 0.330 e. The van der Waals surface area contributed by atoms with Gasteiger partial charge in [0.25, 0.3) is 11.8 Å². The third kappa shape index (κ3) is 9.22. The number of hydrogen-bond donors (Lipinski definition) is 0. The fourth-order valence-electron chi connectivity index (χ4n) is 5.46. The van der Waals surface area contributed by atoms with E-state index in [2.05, 4.69) is 53.7 Å². The number of aromatic nitrogens is 8. The van der Waals surface area contributed by atoms with Gasteiger partial charge in [-0.1, -0.05) is 76.2 Å². The van der Waals surface area contributed by atoms with Crippen molar-refractivity contribution in [2.24, 2.45) is 0 Å². The minimum Gasteiger partial charge on any atom is -0.463 e. The molecule has 56 heavy (non-hydrogen) atoms. The van der Waals surface area contributed by atoms with Crippen molar-refractivity contribution >= 4 is 11.9 Å². The molecule has 0 N–H and O–H groups in total. The molecule has 4 aromatic heterocycles. The van der Waals surface area contributed by atoms with Gasteiger partial charge in [-0.05, 0) is 56.0 Å². The number of unbranched alkanes of at least 4 members (excludes halogenated alkanes) is 2. The zero-order valence-corrected chi connectivity index (χ0v) is 30.0. The monoisotopic (exact) mass is 754 g/mol. The molecule has 0 saturated heterocycles. The van der Waals surface area contributed by atoms with Crippen LogP contribution in [0.3, 0.4) is 0 Å². The number of carbonyl (C=O) groups excluding carboxylic acids is 2. The van der Waals surface area contributed by atoms with Crippen LogP contribution in [0.15, 0.2) is 116 Å². The highest BCUT2D eigenvalue weighted by molar-refractivity contribution is 5.81. The molecule has 7 aromatic rings. The van der Waals surface area contributed by atoms with Crippen LogP contribution in [0.4, 0.5) is 0 Å². The van der Waals surface area contributed by atoms with Crippen molar-refractivity contribution in [3.8, 4) is 68.5 Å². The summed E-state index contributed by atoms with van der Waals surface area (Å²) >= 11 is 0. The summed E-state index contributed by atoms with van der Waals surface area (Å²) in [4.78, 5) is 40.7. The Bertz CT molecular complexity index is 2300. The predicted molar refractivity (Wildman–Crippen MR) is 199 cm³/mol. The molecular weight excluding hydrogens is 720 g/mol. The number of rotatable bonds is 18. The standard InChI is InChI=1S/C40H34N8O8/c1-3-33(49)51-20-7-5-18-31-41-35(45-53-31)25-12-9-14-27(22-25)37-43-39(55-47-37)29-16-11-17-30(24-29)40-44-38(48-56-40)28-15-10-13-26(23-28)36-42-32(54-46-36)19-6-8-21-52-34(50)4-2/h3-4,9-17,22-24H,1-2,5-8,18-21H2. The first-order chi connectivity index (χ1) is 27.4. The van der Waals surface area contributed by atoms with E-state index in [9.17, 15) is 9.59 Å². The molecule has 16 nitrogen and oxygen atoms in total. The van der Waals surface area contributed by atoms with E-state index in [-0.39, 0.29) is 0 Å². The van der Waals surface area contributed by atoms with Crippen LogP contribution in [-0.4, -0.2) is 65.7 Å². The van der Waals surface area contributed by atoms with Crippen molar-refractivity contribution in [2.45, 2.75) is 38.5 Å². The summed E-state index contributed by atoms with van der Waals surface area (Å²) in [5, 5.41) is 16.7. The quantitative estimate of drug-likeness (QED) is 0.0477. The van der Waals surface area contributed by atoms with Crippen LogP contribution in [0.25, 0.3) is 68.5 Å². The zero-order valence-electron chi connectivity index (χ0n) is 30.0. The molecule has 0 atom stereocenters. The molecule has 0 saturated carbocycles. The molecule has 0 aliphatic carbocycles. The van der Waals surface area contributed by atoms with Crippen molar-refractivity contribution in [1.29, 1.82) is 0 Å². The van der Waals surface area contributed by atoms with Crippen molar-refractivity contribution in [2.75, 3.05) is 13.2 Å². The van der Waals surface area contributed by atoms with Crippen LogP contribution in [0, 0.1) is 0 Å². The first kappa shape index (κ1) is 37.0. The summed E-state index contributed by atoms with van der Waals surface area (Å²) in [5.74, 6) is 2.30. The molecule has 7 rings (SSSR count). The molecule has 16 heteroatoms. The van der Waals surface area contributed by atoms with Gasteiger partial charge in [0.05, 0.1) is 13.2 Å². The van der Waals surface area contributed by atoms with Crippen molar-refractivity contribution in [3.05, 3.63) is 110 Å². The van der Waals surface area contributed by atoms with Gasteiger partial charge in [-0.2, -0.15) is 19.9 Å². The average Bonchev–Trinajstić information content (AvgIpc) is 4.08. The topological polar surface area (TPSA) is 208 Å². The Morgan fingerprint density at radius 2 is 0.857 bits per heavy atom. The number of nitrogens with zero attached hydrogens (tertiary/aromatic N) is 8. The number of benzene rings is 3. The Labute approximate surface area is 319 Å². The Morgan fingerprint density at radius 1 is 0.500 bits per heavy atom. The van der Waals surface area contributed by atoms with Crippen LogP contribution in [0.2, 0.25) is 0 Å². The van der Waals surface area contributed by atoms with E-state index in [1.165, 1.54) is 0 Å². The Balaban J connectivity index is 0.982. The number of aryl methyl sites for hydroxylation is 2. The third-order valence-corrected chi connectivity index (χ3v) is 8.29. The Hall–Kier alpha value is -7.36. The van der Waals surface area contributed by atoms with Crippen molar-refractivity contribution in [3.63, 3.8) is 0 Å². The SMILES string of the molecule is C=CC(=O)OCCCCc1nc(-c2cccc(-c3noc(-c4cccc(-c5nc(-c6cccc(-c7noc(CCCCOC(=O)C=C)n7)c6)no5)c4)n3)c2)no1. The van der Waals surface area contributed by atoms with Crippen LogP contribution in [0.1, 0.15) is 37.5 Å². The van der Waals surface area contributed by atoms with Gasteiger partial charge in [0.2, 0.25) is 35.1 Å². The molecule has 0 unspecified atom stereocenters. The first-order valence-corrected chi connectivity index (χ1v) is 17.7. The normalized spacial score (nSPS) is 11.0. The van der Waals surface area contributed by atoms with Gasteiger partial charge in [-0.25, -0.2) is 9.59 Å². The summed E-state index contributed by atoms with van der Waals surface area (Å²) in [6.07, 6.45) is 6.12. The summed E-state index contributed by atoms with van der Waals surface area (Å²) in [6, 6.07) is 22.2. The summed E-state index contributed by atoms with van der Waals surface area (Å²) in [5.41, 5.74) is 4.17. The lowest BCUT2D eigenvalue weighted by Crippen LogP contribution is -2.02. The molecule has 0 amide bonds. The van der Waals surface area contributed by atoms with E-state index in [4.69, 9.17) is 27.6 Å². The smallest absolute Gasteiger partial charge is 0.330 e. The van der Waals surface area contributed by atoms with Crippen LogP contribution in [0.5, 0.6) is 0 Å². The molecule has 0 aliphatic heterocycles. The fourth-order valence-corrected chi connectivity index (χ4v) is 5.46. The number of esters is 2. The molecule has 282 valence electrons. The second kappa shape index (κ2) is 17.6. The van der Waals surface area contributed by atoms with Gasteiger partial charge in [0.1, 0.15) is 0 Å². The van der Waals surface area contributed by atoms with Crippen molar-refractivity contribution in [1.82, 2.24) is 40.6 Å². The zero-order chi connectivity index (χ0) is 38.7. The summed E-state index contributed by atoms with van der Waals surface area (Å²) in [7, 11) is 0. The number of ether oxygens (including phenoxy) is 2. The van der Waals surface area contributed by atoms with E-state index < -0.39 is 11.9 Å². The van der Waals surface area contributed by atoms with Gasteiger partial charge < -0.3 is 27.6 Å². The molecular formula is C40H34N8O8. The van der Waals surface area contributed by atoms with E-state index in [1.807, 2.05) is 72.8 Å². The van der Waals surface area contributed by atoms with Gasteiger partial charge in [-0.3, -0.25) is 0 Å². The first-order valence-electron chi connectivity index (χ1n) is 17.7. The summed E-state index contributed by atoms with van der Waals surface area (Å²) in [6.45, 7) is 7.36. The average molecular weight is 755 g/mol. The second-order valence-electron chi connectivity index (χ2n) is 12.3. The lowest BCUT2D eigenvalue weighted by atomic mass is 10.1. The van der Waals surface area contributed by atoms with Gasteiger partial charge in [0, 0.05) is 58.4 Å². The Kier molecular flexibility index (Phi) is 11.6. The Morgan fingerprint density at radius 3 is 1.27 bits per heavy atom. The van der Waals surface area contributed by atoms with Gasteiger partial charge in [-0.15, -0.1) is 0 Å². The van der Waals surface area contributed by atoms with Crippen LogP contribution < -0.4 is 0 Å². The highest BCUT2D eigenvalue weighted by Crippen LogP contribution is 2.30. The molecule has 3 aromatic carbocycles. The summed E-state index contributed by atoms with van der Waals surface area (Å²) < 4.78 is 32.2. The second-order valence-corrected chi connectivity index (χ2v) is 12.3. The number of carbonyl (C=O) groups is 2. The minimum absolute atomic E-state index is 0.299. The van der Waals surface area contributed by atoms with E-state index in [0.29, 0.717) is 121 Å². The van der Waals surface area contributed by atoms with Crippen molar-refractivity contribution < 1.29 is 37.2 Å². The molecule has 0 aliphatic rings. The highest BCUT2D eigenvalue weighted by Gasteiger charge is 2.18. The highest BCUT2D eigenvalue weighted by atomic mass is 16.5. The largest absolute Gasteiger partial charge is 0.463 e. The van der Waals surface area contributed by atoms with Crippen LogP contribution in [-0.2, 0) is 31.9 Å². The molecule has 0 fully saturated rings. The maximum absolute atomic E-state index is 11.2. The number of hydrogen-bond acceptors (Lipinski definition) is 16. The molecule has 0 bridgehead atoms. The van der Waals surface area contributed by atoms with E-state index in [1.54, 1.807) is 0 Å². The molecule has 0 radical (unpaired) electrons. The fraction of sp³-hybridized carbons (Fsp3) is 0.200. The lowest BCUT2D eigenvalue weighted by Gasteiger charge is -2.00.